The summed E-state index contributed by atoms with van der Waals surface area (Å²) in [5.74, 6) is 0.588. The zero-order valence-corrected chi connectivity index (χ0v) is 21.6. The van der Waals surface area contributed by atoms with Crippen LogP contribution in [0.5, 0.6) is 5.88 Å². The van der Waals surface area contributed by atoms with E-state index in [1.54, 1.807) is 24.3 Å². The molecule has 0 spiro atoms. The van der Waals surface area contributed by atoms with E-state index in [0.29, 0.717) is 28.0 Å². The van der Waals surface area contributed by atoms with Gasteiger partial charge >= 0.3 is 6.09 Å². The number of halogens is 2. The van der Waals surface area contributed by atoms with Crippen molar-refractivity contribution in [3.8, 4) is 17.3 Å². The number of nitrogens with one attached hydrogen (secondary N) is 4. The van der Waals surface area contributed by atoms with Gasteiger partial charge in [0.2, 0.25) is 0 Å². The Morgan fingerprint density at radius 2 is 1.81 bits per heavy atom. The van der Waals surface area contributed by atoms with Crippen LogP contribution in [0, 0.1) is 0 Å². The van der Waals surface area contributed by atoms with Crippen LogP contribution in [0.1, 0.15) is 15.9 Å². The maximum Gasteiger partial charge on any atom is 0.414 e. The van der Waals surface area contributed by atoms with E-state index in [9.17, 15) is 9.59 Å². The first-order valence-electron chi connectivity index (χ1n) is 11.3. The molecule has 3 aromatic carbocycles. The number of carbonyl (C=O) groups is 2. The highest BCUT2D eigenvalue weighted by atomic mass is 79.9. The first-order chi connectivity index (χ1) is 18.0. The number of imidazole rings is 1. The SMILES string of the molecule is O=C(NCCc1ccc2[nH]c(-c3ccccc3)nc2c1)Oc1n[nH]c(NC(=O)c2ccccc2Cl)c1Br. The van der Waals surface area contributed by atoms with Gasteiger partial charge in [-0.05, 0) is 52.2 Å². The molecule has 2 heterocycles. The van der Waals surface area contributed by atoms with Crippen LogP contribution in [-0.2, 0) is 6.42 Å². The molecule has 2 aromatic heterocycles. The Morgan fingerprint density at radius 1 is 1.03 bits per heavy atom. The minimum Gasteiger partial charge on any atom is -0.388 e. The second kappa shape index (κ2) is 10.9. The maximum absolute atomic E-state index is 12.5. The molecule has 0 radical (unpaired) electrons. The van der Waals surface area contributed by atoms with E-state index in [1.807, 2.05) is 48.5 Å². The second-order valence-corrected chi connectivity index (χ2v) is 9.22. The molecule has 4 N–H and O–H groups in total. The number of nitrogens with zero attached hydrogens (tertiary/aromatic N) is 2. The van der Waals surface area contributed by atoms with Gasteiger partial charge in [0.15, 0.2) is 0 Å². The van der Waals surface area contributed by atoms with Crippen molar-refractivity contribution in [1.82, 2.24) is 25.5 Å². The number of hydrogen-bond donors (Lipinski definition) is 4. The monoisotopic (exact) mass is 578 g/mol. The zero-order valence-electron chi connectivity index (χ0n) is 19.2. The first-order valence-corrected chi connectivity index (χ1v) is 12.4. The molecule has 0 bridgehead atoms. The molecule has 5 aromatic rings. The molecule has 11 heteroatoms. The van der Waals surface area contributed by atoms with Gasteiger partial charge in [-0.3, -0.25) is 9.89 Å². The average Bonchev–Trinajstić information content (AvgIpc) is 3.48. The highest BCUT2D eigenvalue weighted by molar-refractivity contribution is 9.10. The third-order valence-electron chi connectivity index (χ3n) is 5.50. The van der Waals surface area contributed by atoms with Crippen LogP contribution in [-0.4, -0.2) is 38.7 Å². The molecule has 0 aliphatic rings. The van der Waals surface area contributed by atoms with E-state index in [4.69, 9.17) is 16.3 Å². The fraction of sp³-hybridized carbons (Fsp3) is 0.0769. The van der Waals surface area contributed by atoms with Crippen LogP contribution in [0.2, 0.25) is 5.02 Å². The van der Waals surface area contributed by atoms with E-state index < -0.39 is 12.0 Å². The number of ether oxygens (including phenoxy) is 1. The molecule has 0 saturated heterocycles. The summed E-state index contributed by atoms with van der Waals surface area (Å²) >= 11 is 9.36. The summed E-state index contributed by atoms with van der Waals surface area (Å²) in [5, 5.41) is 12.2. The highest BCUT2D eigenvalue weighted by Gasteiger charge is 2.18. The van der Waals surface area contributed by atoms with E-state index in [2.05, 4.69) is 46.7 Å². The average molecular weight is 580 g/mol. The number of fused-ring (bicyclic) bond motifs is 1. The van der Waals surface area contributed by atoms with Gasteiger partial charge in [0.25, 0.3) is 11.8 Å². The third kappa shape index (κ3) is 5.65. The summed E-state index contributed by atoms with van der Waals surface area (Å²) in [7, 11) is 0. The number of anilines is 1. The van der Waals surface area contributed by atoms with E-state index >= 15 is 0 Å². The van der Waals surface area contributed by atoms with Crippen molar-refractivity contribution in [2.45, 2.75) is 6.42 Å². The lowest BCUT2D eigenvalue weighted by molar-refractivity contribution is 0.102. The molecule has 0 atom stereocenters. The lowest BCUT2D eigenvalue weighted by Crippen LogP contribution is -2.29. The van der Waals surface area contributed by atoms with Gasteiger partial charge in [0, 0.05) is 12.1 Å². The number of aromatic nitrogens is 4. The van der Waals surface area contributed by atoms with Crippen molar-refractivity contribution < 1.29 is 14.3 Å². The summed E-state index contributed by atoms with van der Waals surface area (Å²) in [6.45, 7) is 0.346. The molecular weight excluding hydrogens is 560 g/mol. The molecule has 0 aliphatic carbocycles. The van der Waals surface area contributed by atoms with Gasteiger partial charge < -0.3 is 20.4 Å². The van der Waals surface area contributed by atoms with Gasteiger partial charge in [-0.25, -0.2) is 9.78 Å². The zero-order chi connectivity index (χ0) is 25.8. The molecule has 0 fully saturated rings. The molecule has 0 aliphatic heterocycles. The Bertz CT molecular complexity index is 1580. The minimum atomic E-state index is -0.677. The van der Waals surface area contributed by atoms with Crippen molar-refractivity contribution in [2.75, 3.05) is 11.9 Å². The second-order valence-electron chi connectivity index (χ2n) is 8.02. The Hall–Kier alpha value is -4.15. The number of benzene rings is 3. The molecule has 186 valence electrons. The standard InChI is InChI=1S/C26H20BrClN6O3/c27-21-23(32-24(35)17-8-4-5-9-18(17)28)33-34-25(21)37-26(36)29-13-12-15-10-11-19-20(14-15)31-22(30-19)16-6-2-1-3-7-16/h1-11,14H,12-13H2,(H,29,36)(H,30,31)(H2,32,33,34,35). The smallest absolute Gasteiger partial charge is 0.388 e. The minimum absolute atomic E-state index is 0.0154. The lowest BCUT2D eigenvalue weighted by Gasteiger charge is -2.06. The highest BCUT2D eigenvalue weighted by Crippen LogP contribution is 2.30. The number of carbonyl (C=O) groups excluding carboxylic acids is 2. The molecule has 2 amide bonds. The van der Waals surface area contributed by atoms with Crippen molar-refractivity contribution in [2.24, 2.45) is 0 Å². The van der Waals surface area contributed by atoms with Crippen LogP contribution in [0.25, 0.3) is 22.4 Å². The molecule has 0 saturated carbocycles. The fourth-order valence-corrected chi connectivity index (χ4v) is 4.24. The number of rotatable bonds is 7. The third-order valence-corrected chi connectivity index (χ3v) is 6.57. The van der Waals surface area contributed by atoms with E-state index in [-0.39, 0.29) is 11.7 Å². The number of hydrogen-bond acceptors (Lipinski definition) is 5. The van der Waals surface area contributed by atoms with Crippen molar-refractivity contribution >= 4 is 56.4 Å². The Kier molecular flexibility index (Phi) is 7.20. The Balaban J connectivity index is 1.15. The predicted octanol–water partition coefficient (Wildman–Crippen LogP) is 5.95. The molecule has 37 heavy (non-hydrogen) atoms. The number of amides is 2. The van der Waals surface area contributed by atoms with Crippen LogP contribution in [0.4, 0.5) is 10.6 Å². The van der Waals surface area contributed by atoms with Crippen LogP contribution in [0.15, 0.2) is 77.3 Å². The quantitative estimate of drug-likeness (QED) is 0.190. The van der Waals surface area contributed by atoms with Crippen molar-refractivity contribution in [3.05, 3.63) is 93.4 Å². The fourth-order valence-electron chi connectivity index (χ4n) is 3.66. The van der Waals surface area contributed by atoms with Gasteiger partial charge in [-0.2, -0.15) is 0 Å². The summed E-state index contributed by atoms with van der Waals surface area (Å²) < 4.78 is 5.56. The number of aromatic amines is 2. The van der Waals surface area contributed by atoms with Crippen LogP contribution in [0.3, 0.4) is 0 Å². The summed E-state index contributed by atoms with van der Waals surface area (Å²) in [6, 6.07) is 22.5. The van der Waals surface area contributed by atoms with Crippen molar-refractivity contribution in [1.29, 1.82) is 0 Å². The normalized spacial score (nSPS) is 10.9. The largest absolute Gasteiger partial charge is 0.414 e. The van der Waals surface area contributed by atoms with E-state index in [1.165, 1.54) is 0 Å². The Labute approximate surface area is 224 Å². The molecule has 0 unspecified atom stereocenters. The topological polar surface area (TPSA) is 125 Å². The van der Waals surface area contributed by atoms with Gasteiger partial charge in [0.05, 0.1) is 21.6 Å². The first kappa shape index (κ1) is 24.5. The molecule has 5 rings (SSSR count). The molecular formula is C26H20BrClN6O3. The van der Waals surface area contributed by atoms with Crippen molar-refractivity contribution in [3.63, 3.8) is 0 Å². The Morgan fingerprint density at radius 3 is 2.62 bits per heavy atom. The van der Waals surface area contributed by atoms with Crippen LogP contribution >= 0.6 is 27.5 Å². The van der Waals surface area contributed by atoms with Gasteiger partial charge in [0.1, 0.15) is 16.1 Å². The summed E-state index contributed by atoms with van der Waals surface area (Å²) in [5.41, 5.74) is 4.13. The predicted molar refractivity (Wildman–Crippen MR) is 145 cm³/mol. The van der Waals surface area contributed by atoms with Gasteiger partial charge in [-0.1, -0.05) is 60.1 Å². The van der Waals surface area contributed by atoms with Gasteiger partial charge in [-0.15, -0.1) is 5.10 Å². The molecule has 9 nitrogen and oxygen atoms in total. The lowest BCUT2D eigenvalue weighted by atomic mass is 10.1. The number of H-pyrrole nitrogens is 2. The summed E-state index contributed by atoms with van der Waals surface area (Å²) in [4.78, 5) is 32.8. The summed E-state index contributed by atoms with van der Waals surface area (Å²) in [6.07, 6.45) is -0.0946. The van der Waals surface area contributed by atoms with Crippen LogP contribution < -0.4 is 15.4 Å². The maximum atomic E-state index is 12.5. The van der Waals surface area contributed by atoms with E-state index in [0.717, 1.165) is 28.0 Å².